The van der Waals surface area contributed by atoms with Crippen LogP contribution >= 0.6 is 0 Å². The molecule has 1 aromatic rings. The van der Waals surface area contributed by atoms with Gasteiger partial charge >= 0.3 is 6.18 Å². The molecule has 3 atom stereocenters. The summed E-state index contributed by atoms with van der Waals surface area (Å²) in [5, 5.41) is 0. The lowest BCUT2D eigenvalue weighted by molar-refractivity contribution is -0.137. The van der Waals surface area contributed by atoms with E-state index in [2.05, 4.69) is 9.88 Å². The highest BCUT2D eigenvalue weighted by atomic mass is 19.4. The standard InChI is InChI=1S/C13H16F3N3/c14-13(15,16)8-1-4-12(18-7-8)19-10-2-3-11(19)6-9(17)5-10/h1,4,7,9-11H,2-3,5-6,17H2/t9-,10-,11+. The van der Waals surface area contributed by atoms with Gasteiger partial charge in [-0.05, 0) is 37.8 Å². The van der Waals surface area contributed by atoms with Crippen molar-refractivity contribution in [3.05, 3.63) is 23.9 Å². The summed E-state index contributed by atoms with van der Waals surface area (Å²) in [4.78, 5) is 6.16. The van der Waals surface area contributed by atoms with Gasteiger partial charge in [0.2, 0.25) is 0 Å². The molecular formula is C13H16F3N3. The van der Waals surface area contributed by atoms with Gasteiger partial charge < -0.3 is 10.6 Å². The molecule has 0 amide bonds. The number of piperidine rings is 1. The van der Waals surface area contributed by atoms with E-state index in [1.54, 1.807) is 0 Å². The zero-order valence-corrected chi connectivity index (χ0v) is 10.4. The maximum atomic E-state index is 12.5. The van der Waals surface area contributed by atoms with Crippen molar-refractivity contribution in [2.24, 2.45) is 5.73 Å². The van der Waals surface area contributed by atoms with Crippen LogP contribution < -0.4 is 10.6 Å². The Morgan fingerprint density at radius 1 is 1.16 bits per heavy atom. The van der Waals surface area contributed by atoms with Crippen LogP contribution in [0.1, 0.15) is 31.2 Å². The number of aromatic nitrogens is 1. The quantitative estimate of drug-likeness (QED) is 0.853. The van der Waals surface area contributed by atoms with Crippen molar-refractivity contribution in [1.82, 2.24) is 4.98 Å². The molecule has 0 aliphatic carbocycles. The summed E-state index contributed by atoms with van der Waals surface area (Å²) in [6, 6.07) is 3.46. The molecule has 2 saturated heterocycles. The van der Waals surface area contributed by atoms with Crippen LogP contribution in [-0.2, 0) is 6.18 Å². The third kappa shape index (κ3) is 2.29. The van der Waals surface area contributed by atoms with E-state index in [4.69, 9.17) is 5.73 Å². The van der Waals surface area contributed by atoms with Crippen LogP contribution in [0.5, 0.6) is 0 Å². The van der Waals surface area contributed by atoms with Crippen molar-refractivity contribution in [2.75, 3.05) is 4.90 Å². The van der Waals surface area contributed by atoms with E-state index in [1.165, 1.54) is 6.07 Å². The highest BCUT2D eigenvalue weighted by Gasteiger charge is 2.40. The number of nitrogens with two attached hydrogens (primary N) is 1. The third-order valence-corrected chi connectivity index (χ3v) is 4.11. The van der Waals surface area contributed by atoms with E-state index in [9.17, 15) is 13.2 Å². The minimum absolute atomic E-state index is 0.211. The topological polar surface area (TPSA) is 42.1 Å². The van der Waals surface area contributed by atoms with Crippen LogP contribution in [0, 0.1) is 0 Å². The summed E-state index contributed by atoms with van der Waals surface area (Å²) in [7, 11) is 0. The number of hydrogen-bond acceptors (Lipinski definition) is 3. The van der Waals surface area contributed by atoms with Crippen molar-refractivity contribution >= 4 is 5.82 Å². The number of halogens is 3. The van der Waals surface area contributed by atoms with Crippen LogP contribution in [0.2, 0.25) is 0 Å². The summed E-state index contributed by atoms with van der Waals surface area (Å²) < 4.78 is 37.5. The summed E-state index contributed by atoms with van der Waals surface area (Å²) in [5.41, 5.74) is 5.28. The van der Waals surface area contributed by atoms with Gasteiger partial charge in [0.05, 0.1) is 5.56 Å². The number of nitrogens with zero attached hydrogens (tertiary/aromatic N) is 2. The van der Waals surface area contributed by atoms with Gasteiger partial charge in [-0.2, -0.15) is 13.2 Å². The molecule has 0 spiro atoms. The summed E-state index contributed by atoms with van der Waals surface area (Å²) in [6.45, 7) is 0. The van der Waals surface area contributed by atoms with Gasteiger partial charge in [-0.25, -0.2) is 4.98 Å². The van der Waals surface area contributed by atoms with Gasteiger partial charge in [0.25, 0.3) is 0 Å². The Morgan fingerprint density at radius 3 is 2.26 bits per heavy atom. The summed E-state index contributed by atoms with van der Waals surface area (Å²) >= 11 is 0. The van der Waals surface area contributed by atoms with Crippen molar-refractivity contribution in [3.63, 3.8) is 0 Å². The Balaban J connectivity index is 1.84. The molecule has 3 rings (SSSR count). The molecule has 0 radical (unpaired) electrons. The van der Waals surface area contributed by atoms with Crippen LogP contribution in [-0.4, -0.2) is 23.1 Å². The zero-order chi connectivity index (χ0) is 13.6. The first kappa shape index (κ1) is 12.7. The van der Waals surface area contributed by atoms with Crippen molar-refractivity contribution in [1.29, 1.82) is 0 Å². The minimum atomic E-state index is -4.32. The van der Waals surface area contributed by atoms with E-state index < -0.39 is 11.7 Å². The summed E-state index contributed by atoms with van der Waals surface area (Å²) in [5.74, 6) is 0.646. The van der Waals surface area contributed by atoms with Gasteiger partial charge in [0, 0.05) is 24.3 Å². The van der Waals surface area contributed by atoms with Crippen LogP contribution in [0.15, 0.2) is 18.3 Å². The van der Waals surface area contributed by atoms with Gasteiger partial charge in [-0.1, -0.05) is 0 Å². The van der Waals surface area contributed by atoms with E-state index >= 15 is 0 Å². The Hall–Kier alpha value is -1.30. The fourth-order valence-electron chi connectivity index (χ4n) is 3.30. The largest absolute Gasteiger partial charge is 0.417 e. The maximum absolute atomic E-state index is 12.5. The fourth-order valence-corrected chi connectivity index (χ4v) is 3.30. The highest BCUT2D eigenvalue weighted by Crippen LogP contribution is 2.38. The molecule has 6 heteroatoms. The molecular weight excluding hydrogens is 255 g/mol. The van der Waals surface area contributed by atoms with Gasteiger partial charge in [0.1, 0.15) is 5.82 Å². The highest BCUT2D eigenvalue weighted by molar-refractivity contribution is 5.45. The lowest BCUT2D eigenvalue weighted by Crippen LogP contribution is -2.47. The molecule has 2 aliphatic heterocycles. The summed E-state index contributed by atoms with van der Waals surface area (Å²) in [6.07, 6.45) is 0.513. The maximum Gasteiger partial charge on any atom is 0.417 e. The molecule has 2 N–H and O–H groups in total. The van der Waals surface area contributed by atoms with Gasteiger partial charge in [-0.15, -0.1) is 0 Å². The monoisotopic (exact) mass is 271 g/mol. The zero-order valence-electron chi connectivity index (χ0n) is 10.4. The first-order chi connectivity index (χ1) is 8.95. The second-order valence-corrected chi connectivity index (χ2v) is 5.43. The average Bonchev–Trinajstić information content (AvgIpc) is 2.61. The average molecular weight is 271 g/mol. The molecule has 0 unspecified atom stereocenters. The van der Waals surface area contributed by atoms with E-state index in [0.717, 1.165) is 37.9 Å². The predicted octanol–water partition coefficient (Wildman–Crippen LogP) is 2.56. The van der Waals surface area contributed by atoms with Gasteiger partial charge in [-0.3, -0.25) is 0 Å². The van der Waals surface area contributed by atoms with E-state index in [-0.39, 0.29) is 6.04 Å². The van der Waals surface area contributed by atoms with Crippen LogP contribution in [0.3, 0.4) is 0 Å². The van der Waals surface area contributed by atoms with E-state index in [1.807, 2.05) is 0 Å². The SMILES string of the molecule is N[C@@H]1C[C@H]2CC[C@@H](C1)N2c1ccc(C(F)(F)F)cn1. The van der Waals surface area contributed by atoms with Crippen LogP contribution in [0.4, 0.5) is 19.0 Å². The minimum Gasteiger partial charge on any atom is -0.351 e. The molecule has 0 saturated carbocycles. The molecule has 2 bridgehead atoms. The van der Waals surface area contributed by atoms with E-state index in [0.29, 0.717) is 17.9 Å². The van der Waals surface area contributed by atoms with Crippen molar-refractivity contribution < 1.29 is 13.2 Å². The lowest BCUT2D eigenvalue weighted by Gasteiger charge is -2.38. The second kappa shape index (κ2) is 4.37. The number of anilines is 1. The second-order valence-electron chi connectivity index (χ2n) is 5.43. The lowest BCUT2D eigenvalue weighted by atomic mass is 9.98. The fraction of sp³-hybridized carbons (Fsp3) is 0.615. The molecule has 2 aliphatic rings. The first-order valence-electron chi connectivity index (χ1n) is 6.52. The Morgan fingerprint density at radius 2 is 1.79 bits per heavy atom. The number of alkyl halides is 3. The normalized spacial score (nSPS) is 30.7. The molecule has 1 aromatic heterocycles. The first-order valence-corrected chi connectivity index (χ1v) is 6.52. The predicted molar refractivity (Wildman–Crippen MR) is 65.7 cm³/mol. The molecule has 3 nitrogen and oxygen atoms in total. The third-order valence-electron chi connectivity index (χ3n) is 4.11. The molecule has 0 aromatic carbocycles. The molecule has 2 fully saturated rings. The smallest absolute Gasteiger partial charge is 0.351 e. The van der Waals surface area contributed by atoms with Crippen molar-refractivity contribution in [3.8, 4) is 0 Å². The Bertz CT molecular complexity index is 443. The number of fused-ring (bicyclic) bond motifs is 2. The Kier molecular flexibility index (Phi) is 2.92. The van der Waals surface area contributed by atoms with Crippen molar-refractivity contribution in [2.45, 2.75) is 50.0 Å². The number of pyridine rings is 1. The Labute approximate surface area is 109 Å². The van der Waals surface area contributed by atoms with Gasteiger partial charge in [0.15, 0.2) is 0 Å². The van der Waals surface area contributed by atoms with Crippen LogP contribution in [0.25, 0.3) is 0 Å². The molecule has 3 heterocycles. The molecule has 19 heavy (non-hydrogen) atoms. The number of hydrogen-bond donors (Lipinski definition) is 1. The number of rotatable bonds is 1. The molecule has 104 valence electrons.